The second-order valence-electron chi connectivity index (χ2n) is 6.06. The molecule has 1 aliphatic carbocycles. The van der Waals surface area contributed by atoms with E-state index in [0.29, 0.717) is 45.1 Å². The molecule has 1 saturated carbocycles. The molecule has 2 amide bonds. The lowest BCUT2D eigenvalue weighted by Gasteiger charge is -2.35. The van der Waals surface area contributed by atoms with Crippen molar-refractivity contribution in [2.45, 2.75) is 45.1 Å². The second-order valence-corrected chi connectivity index (χ2v) is 6.06. The first-order chi connectivity index (χ1) is 10.1. The zero-order valence-corrected chi connectivity index (χ0v) is 12.9. The summed E-state index contributed by atoms with van der Waals surface area (Å²) in [5.74, 6) is 0.641. The predicted molar refractivity (Wildman–Crippen MR) is 79.7 cm³/mol. The monoisotopic (exact) mass is 297 g/mol. The summed E-state index contributed by atoms with van der Waals surface area (Å²) in [5.41, 5.74) is 5.98. The van der Waals surface area contributed by atoms with Crippen molar-refractivity contribution in [2.75, 3.05) is 32.8 Å². The fourth-order valence-electron chi connectivity index (χ4n) is 3.25. The van der Waals surface area contributed by atoms with Crippen LogP contribution in [0.3, 0.4) is 0 Å². The van der Waals surface area contributed by atoms with Gasteiger partial charge >= 0.3 is 6.09 Å². The number of hydrogen-bond donors (Lipinski definition) is 1. The first kappa shape index (κ1) is 16.1. The summed E-state index contributed by atoms with van der Waals surface area (Å²) < 4.78 is 4.98. The molecule has 6 nitrogen and oxygen atoms in total. The van der Waals surface area contributed by atoms with Crippen LogP contribution in [0.15, 0.2) is 0 Å². The standard InChI is InChI=1S/C15H27N3O3/c1-2-21-15(20)18-8-6-17(7-9-18)14(19)11-12-4-3-5-13(16)10-12/h12-13H,2-11,16H2,1H3. The lowest BCUT2D eigenvalue weighted by atomic mass is 9.84. The van der Waals surface area contributed by atoms with Gasteiger partial charge in [0.05, 0.1) is 6.61 Å². The van der Waals surface area contributed by atoms with Crippen LogP contribution in [0.25, 0.3) is 0 Å². The maximum atomic E-state index is 12.3. The van der Waals surface area contributed by atoms with Gasteiger partial charge in [-0.3, -0.25) is 4.79 Å². The Morgan fingerprint density at radius 2 is 1.81 bits per heavy atom. The average molecular weight is 297 g/mol. The number of nitrogens with two attached hydrogens (primary N) is 1. The zero-order chi connectivity index (χ0) is 15.2. The molecule has 2 aliphatic rings. The molecule has 0 spiro atoms. The molecular formula is C15H27N3O3. The van der Waals surface area contributed by atoms with Gasteiger partial charge in [0.1, 0.15) is 0 Å². The Morgan fingerprint density at radius 1 is 1.14 bits per heavy atom. The second kappa shape index (κ2) is 7.64. The third-order valence-corrected chi connectivity index (χ3v) is 4.45. The topological polar surface area (TPSA) is 75.9 Å². The van der Waals surface area contributed by atoms with Crippen LogP contribution >= 0.6 is 0 Å². The van der Waals surface area contributed by atoms with Crippen molar-refractivity contribution in [3.05, 3.63) is 0 Å². The molecule has 1 saturated heterocycles. The summed E-state index contributed by atoms with van der Waals surface area (Å²) in [5, 5.41) is 0. The van der Waals surface area contributed by atoms with Crippen LogP contribution in [0.2, 0.25) is 0 Å². The Labute approximate surface area is 126 Å². The Bertz CT molecular complexity index is 367. The minimum absolute atomic E-state index is 0.206. The summed E-state index contributed by atoms with van der Waals surface area (Å²) in [4.78, 5) is 27.5. The smallest absolute Gasteiger partial charge is 0.409 e. The minimum Gasteiger partial charge on any atom is -0.450 e. The summed E-state index contributed by atoms with van der Waals surface area (Å²) in [6.07, 6.45) is 4.63. The molecule has 0 radical (unpaired) electrons. The van der Waals surface area contributed by atoms with Crippen molar-refractivity contribution >= 4 is 12.0 Å². The van der Waals surface area contributed by atoms with Crippen LogP contribution in [-0.2, 0) is 9.53 Å². The van der Waals surface area contributed by atoms with Crippen LogP contribution in [-0.4, -0.2) is 60.6 Å². The number of hydrogen-bond acceptors (Lipinski definition) is 4. The Kier molecular flexibility index (Phi) is 5.85. The molecule has 2 fully saturated rings. The van der Waals surface area contributed by atoms with Gasteiger partial charge in [0, 0.05) is 38.6 Å². The van der Waals surface area contributed by atoms with E-state index in [1.807, 2.05) is 4.90 Å². The van der Waals surface area contributed by atoms with Gasteiger partial charge in [-0.2, -0.15) is 0 Å². The molecule has 0 aromatic carbocycles. The summed E-state index contributed by atoms with van der Waals surface area (Å²) >= 11 is 0. The maximum absolute atomic E-state index is 12.3. The van der Waals surface area contributed by atoms with E-state index in [1.54, 1.807) is 11.8 Å². The highest BCUT2D eigenvalue weighted by atomic mass is 16.6. The van der Waals surface area contributed by atoms with Crippen molar-refractivity contribution in [2.24, 2.45) is 11.7 Å². The number of ether oxygens (including phenoxy) is 1. The van der Waals surface area contributed by atoms with E-state index < -0.39 is 0 Å². The molecule has 0 aromatic heterocycles. The summed E-state index contributed by atoms with van der Waals surface area (Å²) in [6, 6.07) is 0.261. The molecule has 1 aliphatic heterocycles. The van der Waals surface area contributed by atoms with Crippen molar-refractivity contribution < 1.29 is 14.3 Å². The van der Waals surface area contributed by atoms with Gasteiger partial charge in [-0.25, -0.2) is 4.79 Å². The number of amides is 2. The van der Waals surface area contributed by atoms with E-state index in [9.17, 15) is 9.59 Å². The Hall–Kier alpha value is -1.30. The van der Waals surface area contributed by atoms with Gasteiger partial charge in [-0.05, 0) is 32.1 Å². The van der Waals surface area contributed by atoms with Crippen LogP contribution < -0.4 is 5.73 Å². The highest BCUT2D eigenvalue weighted by Crippen LogP contribution is 2.26. The third-order valence-electron chi connectivity index (χ3n) is 4.45. The normalized spacial score (nSPS) is 26.6. The number of piperazine rings is 1. The van der Waals surface area contributed by atoms with Gasteiger partial charge in [0.2, 0.25) is 5.91 Å². The van der Waals surface area contributed by atoms with E-state index in [0.717, 1.165) is 25.7 Å². The van der Waals surface area contributed by atoms with Gasteiger partial charge in [-0.15, -0.1) is 0 Å². The number of carbonyl (C=O) groups excluding carboxylic acids is 2. The van der Waals surface area contributed by atoms with E-state index in [1.165, 1.54) is 0 Å². The molecule has 1 heterocycles. The molecule has 21 heavy (non-hydrogen) atoms. The molecule has 0 aromatic rings. The quantitative estimate of drug-likeness (QED) is 0.849. The van der Waals surface area contributed by atoms with Gasteiger partial charge in [-0.1, -0.05) is 6.42 Å². The first-order valence-electron chi connectivity index (χ1n) is 8.05. The molecule has 120 valence electrons. The molecule has 2 N–H and O–H groups in total. The number of carbonyl (C=O) groups is 2. The molecular weight excluding hydrogens is 270 g/mol. The van der Waals surface area contributed by atoms with Crippen LogP contribution in [0.1, 0.15) is 39.0 Å². The highest BCUT2D eigenvalue weighted by Gasteiger charge is 2.27. The molecule has 2 atom stereocenters. The largest absolute Gasteiger partial charge is 0.450 e. The Balaban J connectivity index is 1.74. The Morgan fingerprint density at radius 3 is 2.43 bits per heavy atom. The van der Waals surface area contributed by atoms with Crippen LogP contribution in [0, 0.1) is 5.92 Å². The van der Waals surface area contributed by atoms with E-state index >= 15 is 0 Å². The average Bonchev–Trinajstić information content (AvgIpc) is 2.47. The molecule has 2 rings (SSSR count). The molecule has 2 unspecified atom stereocenters. The maximum Gasteiger partial charge on any atom is 0.409 e. The highest BCUT2D eigenvalue weighted by molar-refractivity contribution is 5.77. The molecule has 0 bridgehead atoms. The zero-order valence-electron chi connectivity index (χ0n) is 12.9. The summed E-state index contributed by atoms with van der Waals surface area (Å²) in [6.45, 7) is 4.53. The van der Waals surface area contributed by atoms with E-state index in [-0.39, 0.29) is 18.0 Å². The predicted octanol–water partition coefficient (Wildman–Crippen LogP) is 1.19. The first-order valence-corrected chi connectivity index (χ1v) is 8.05. The van der Waals surface area contributed by atoms with Gasteiger partial charge < -0.3 is 20.3 Å². The van der Waals surface area contributed by atoms with Crippen LogP contribution in [0.5, 0.6) is 0 Å². The fourth-order valence-corrected chi connectivity index (χ4v) is 3.25. The molecule has 6 heteroatoms. The van der Waals surface area contributed by atoms with E-state index in [4.69, 9.17) is 10.5 Å². The SMILES string of the molecule is CCOC(=O)N1CCN(C(=O)CC2CCCC(N)C2)CC1. The fraction of sp³-hybridized carbons (Fsp3) is 0.867. The lowest BCUT2D eigenvalue weighted by Crippen LogP contribution is -2.51. The summed E-state index contributed by atoms with van der Waals surface area (Å²) in [7, 11) is 0. The van der Waals surface area contributed by atoms with Crippen molar-refractivity contribution in [3.63, 3.8) is 0 Å². The van der Waals surface area contributed by atoms with Gasteiger partial charge in [0.15, 0.2) is 0 Å². The minimum atomic E-state index is -0.275. The number of rotatable bonds is 3. The van der Waals surface area contributed by atoms with Crippen molar-refractivity contribution in [3.8, 4) is 0 Å². The van der Waals surface area contributed by atoms with Gasteiger partial charge in [0.25, 0.3) is 0 Å². The van der Waals surface area contributed by atoms with E-state index in [2.05, 4.69) is 0 Å². The number of nitrogens with zero attached hydrogens (tertiary/aromatic N) is 2. The van der Waals surface area contributed by atoms with Crippen LogP contribution in [0.4, 0.5) is 4.79 Å². The lowest BCUT2D eigenvalue weighted by molar-refractivity contribution is -0.134. The van der Waals surface area contributed by atoms with Crippen molar-refractivity contribution in [1.29, 1.82) is 0 Å². The third kappa shape index (κ3) is 4.59. The van der Waals surface area contributed by atoms with Crippen molar-refractivity contribution in [1.82, 2.24) is 9.80 Å².